The van der Waals surface area contributed by atoms with Crippen LogP contribution in [0.2, 0.25) is 0 Å². The van der Waals surface area contributed by atoms with Gasteiger partial charge in [-0.1, -0.05) is 206 Å². The number of rotatable bonds is 11. The zero-order chi connectivity index (χ0) is 68.5. The van der Waals surface area contributed by atoms with Gasteiger partial charge in [-0.2, -0.15) is 0 Å². The van der Waals surface area contributed by atoms with Gasteiger partial charge in [-0.05, 0) is 201 Å². The van der Waals surface area contributed by atoms with E-state index < -0.39 is 0 Å². The van der Waals surface area contributed by atoms with Gasteiger partial charge in [0.1, 0.15) is 22.3 Å². The molecule has 0 aliphatic carbocycles. The van der Waals surface area contributed by atoms with E-state index in [0.717, 1.165) is 101 Å². The molecule has 0 aliphatic rings. The molecule has 0 radical (unpaired) electrons. The lowest BCUT2D eigenvalue weighted by atomic mass is 9.72. The molecule has 490 valence electrons. The maximum absolute atomic E-state index is 6.58. The molecule has 20 rings (SSSR count). The van der Waals surface area contributed by atoms with E-state index in [4.69, 9.17) is 8.83 Å². The fourth-order valence-corrected chi connectivity index (χ4v) is 17.0. The van der Waals surface area contributed by atoms with Crippen LogP contribution in [-0.2, 0) is 16.2 Å². The highest BCUT2D eigenvalue weighted by molar-refractivity contribution is 6.24. The molecule has 0 unspecified atom stereocenters. The van der Waals surface area contributed by atoms with Crippen LogP contribution in [0, 0.1) is 0 Å². The number of aromatic nitrogens is 4. The Hall–Kier alpha value is -12.1. The molecule has 6 aromatic heterocycles. The monoisotopic (exact) mass is 1310 g/mol. The molecule has 0 spiro atoms. The second-order valence-electron chi connectivity index (χ2n) is 30.7. The van der Waals surface area contributed by atoms with Gasteiger partial charge in [0, 0.05) is 88.1 Å². The quantitative estimate of drug-likeness (QED) is 0.130. The van der Waals surface area contributed by atoms with Gasteiger partial charge in [0.15, 0.2) is 0 Å². The number of para-hydroxylation sites is 5. The van der Waals surface area contributed by atoms with Crippen molar-refractivity contribution in [1.29, 1.82) is 0 Å². The van der Waals surface area contributed by atoms with Gasteiger partial charge in [-0.3, -0.25) is 0 Å². The lowest BCUT2D eigenvalue weighted by Crippen LogP contribution is -2.24. The maximum Gasteiger partial charge on any atom is 0.145 e. The van der Waals surface area contributed by atoms with Crippen LogP contribution in [-0.4, -0.2) is 18.3 Å². The van der Waals surface area contributed by atoms with Gasteiger partial charge >= 0.3 is 0 Å². The predicted molar refractivity (Wildman–Crippen MR) is 430 cm³/mol. The minimum absolute atomic E-state index is 0.00564. The van der Waals surface area contributed by atoms with Crippen LogP contribution in [0.5, 0.6) is 0 Å². The third kappa shape index (κ3) is 9.24. The second kappa shape index (κ2) is 22.2. The van der Waals surface area contributed by atoms with Crippen LogP contribution in [0.1, 0.15) is 78.0 Å². The van der Waals surface area contributed by atoms with Crippen molar-refractivity contribution in [2.75, 3.05) is 0 Å². The molecule has 0 aliphatic heterocycles. The van der Waals surface area contributed by atoms with Crippen molar-refractivity contribution in [3.63, 3.8) is 0 Å². The highest BCUT2D eigenvalue weighted by atomic mass is 16.3. The van der Waals surface area contributed by atoms with Crippen molar-refractivity contribution >= 4 is 131 Å². The molecule has 0 atom stereocenters. The Balaban J connectivity index is 0.568. The van der Waals surface area contributed by atoms with E-state index in [0.29, 0.717) is 0 Å². The molecular weight excluding hydrogens is 1240 g/mol. The normalized spacial score (nSPS) is 12.7. The molecule has 14 aromatic carbocycles. The lowest BCUT2D eigenvalue weighted by molar-refractivity contribution is 0.375. The summed E-state index contributed by atoms with van der Waals surface area (Å²) in [6.07, 6.45) is 2.04. The third-order valence-corrected chi connectivity index (χ3v) is 22.8. The minimum atomic E-state index is -0.105. The first kappa shape index (κ1) is 59.9. The van der Waals surface area contributed by atoms with E-state index in [9.17, 15) is 0 Å². The minimum Gasteiger partial charge on any atom is -0.456 e. The predicted octanol–water partition coefficient (Wildman–Crippen LogP) is 26.5. The summed E-state index contributed by atoms with van der Waals surface area (Å²) >= 11 is 0. The molecule has 0 fully saturated rings. The zero-order valence-corrected chi connectivity index (χ0v) is 58.3. The molecule has 0 amide bonds. The van der Waals surface area contributed by atoms with E-state index in [1.54, 1.807) is 0 Å². The number of benzene rings is 14. The van der Waals surface area contributed by atoms with Gasteiger partial charge < -0.3 is 27.1 Å². The molecule has 102 heavy (non-hydrogen) atoms. The fraction of sp³-hybridized carbons (Fsp3) is 0.125. The number of furan rings is 2. The Morgan fingerprint density at radius 1 is 0.235 bits per heavy atom. The van der Waals surface area contributed by atoms with E-state index in [1.165, 1.54) is 104 Å². The summed E-state index contributed by atoms with van der Waals surface area (Å²) in [5.41, 5.74) is 26.2. The molecule has 0 N–H and O–H groups in total. The van der Waals surface area contributed by atoms with Crippen molar-refractivity contribution in [2.24, 2.45) is 0 Å². The largest absolute Gasteiger partial charge is 0.456 e. The zero-order valence-electron chi connectivity index (χ0n) is 58.3. The van der Waals surface area contributed by atoms with E-state index in [2.05, 4.69) is 352 Å². The van der Waals surface area contributed by atoms with E-state index in [1.807, 2.05) is 12.1 Å². The van der Waals surface area contributed by atoms with Crippen molar-refractivity contribution in [2.45, 2.75) is 77.6 Å². The number of hydrogen-bond donors (Lipinski definition) is 0. The molecule has 0 saturated carbocycles. The third-order valence-electron chi connectivity index (χ3n) is 22.8. The van der Waals surface area contributed by atoms with Crippen LogP contribution in [0.3, 0.4) is 0 Å². The first-order chi connectivity index (χ1) is 49.7. The van der Waals surface area contributed by atoms with Gasteiger partial charge in [0.05, 0.1) is 49.5 Å². The molecule has 0 bridgehead atoms. The summed E-state index contributed by atoms with van der Waals surface area (Å²) in [5, 5.41) is 14.5. The summed E-state index contributed by atoms with van der Waals surface area (Å²) in [5.74, 6) is 0. The Kier molecular flexibility index (Phi) is 13.0. The van der Waals surface area contributed by atoms with Crippen LogP contribution >= 0.6 is 0 Å². The SMILES string of the molecule is CC(C)(C)c1ccc2c(c1)c1cc(C(C)(C)CCC(C)(C)c3ccc4c(c3)c3ccccc3n4-c3ccc(-c4ccc(-n5c6ccccc6c6c7oc8ccccc8c7ccc65)cc4)cc3)ccc1n2-c1ccc(-c2ccc(-n3c4ccccc4c4cc5c(cc43)oc3ccccc35)cc2)cc1. The summed E-state index contributed by atoms with van der Waals surface area (Å²) < 4.78 is 22.7. The molecule has 6 heterocycles. The van der Waals surface area contributed by atoms with E-state index >= 15 is 0 Å². The standard InChI is InChI=1S/C96H74N4O2/c1-94(2,3)63-36-48-85-77(54-63)78-56-65(38-50-86(78)98(85)67-41-30-60(31-42-67)62-34-45-69(46-35-62)100-82-24-14-9-19-71(82)79-57-80-73-21-12-16-26-89(73)101-91(80)58-88(79)100)96(6,7)53-52-95(4,5)64-37-49-84-76(55-64)70-18-8-13-23-81(70)97(84)66-39-28-59(29-40-66)61-32-43-68(44-33-61)99-83-25-15-10-22-75(83)92-87(99)51-47-74-72-20-11-17-27-90(72)102-93(74)92/h8-51,54-58H,52-53H2,1-7H3. The number of nitrogens with zero attached hydrogens (tertiary/aromatic N) is 4. The second-order valence-corrected chi connectivity index (χ2v) is 30.7. The lowest BCUT2D eigenvalue weighted by Gasteiger charge is -2.32. The average molecular weight is 1320 g/mol. The number of hydrogen-bond acceptors (Lipinski definition) is 2. The number of fused-ring (bicyclic) bond motifs is 19. The van der Waals surface area contributed by atoms with Crippen molar-refractivity contribution in [1.82, 2.24) is 18.3 Å². The van der Waals surface area contributed by atoms with Gasteiger partial charge in [0.25, 0.3) is 0 Å². The highest BCUT2D eigenvalue weighted by Gasteiger charge is 2.30. The molecule has 6 heteroatoms. The van der Waals surface area contributed by atoms with Crippen LogP contribution in [0.25, 0.3) is 176 Å². The summed E-state index contributed by atoms with van der Waals surface area (Å²) in [7, 11) is 0. The topological polar surface area (TPSA) is 46.0 Å². The average Bonchev–Trinajstić information content (AvgIpc) is 1.57. The summed E-state index contributed by atoms with van der Waals surface area (Å²) in [4.78, 5) is 0. The van der Waals surface area contributed by atoms with Gasteiger partial charge in [0.2, 0.25) is 0 Å². The Morgan fingerprint density at radius 2 is 0.578 bits per heavy atom. The fourth-order valence-electron chi connectivity index (χ4n) is 17.0. The Morgan fingerprint density at radius 3 is 1.06 bits per heavy atom. The highest BCUT2D eigenvalue weighted by Crippen LogP contribution is 2.46. The van der Waals surface area contributed by atoms with Gasteiger partial charge in [-0.15, -0.1) is 0 Å². The summed E-state index contributed by atoms with van der Waals surface area (Å²) in [6.45, 7) is 16.7. The van der Waals surface area contributed by atoms with Gasteiger partial charge in [-0.25, -0.2) is 0 Å². The first-order valence-corrected chi connectivity index (χ1v) is 35.9. The Bertz CT molecular complexity index is 6810. The van der Waals surface area contributed by atoms with Crippen LogP contribution in [0.15, 0.2) is 306 Å². The Labute approximate surface area is 591 Å². The van der Waals surface area contributed by atoms with Crippen molar-refractivity contribution in [3.05, 3.63) is 314 Å². The first-order valence-electron chi connectivity index (χ1n) is 35.9. The smallest absolute Gasteiger partial charge is 0.145 e. The van der Waals surface area contributed by atoms with Crippen molar-refractivity contribution < 1.29 is 8.83 Å². The summed E-state index contributed by atoms with van der Waals surface area (Å²) in [6, 6.07) is 110. The molecular formula is C96H74N4O2. The molecule has 20 aromatic rings. The van der Waals surface area contributed by atoms with E-state index in [-0.39, 0.29) is 16.2 Å². The molecule has 0 saturated heterocycles. The molecule has 6 nitrogen and oxygen atoms in total. The maximum atomic E-state index is 6.58. The van der Waals surface area contributed by atoms with Crippen LogP contribution in [0.4, 0.5) is 0 Å². The van der Waals surface area contributed by atoms with Crippen LogP contribution < -0.4 is 0 Å². The van der Waals surface area contributed by atoms with Crippen molar-refractivity contribution in [3.8, 4) is 45.0 Å².